The molecule has 12 amide bonds. The summed E-state index contributed by atoms with van der Waals surface area (Å²) in [4.78, 5) is 157. The number of aliphatic hydroxyl groups is 2. The molecule has 7 atom stereocenters. The molecule has 68 heavy (non-hydrogen) atoms. The molecule has 0 saturated carbocycles. The Morgan fingerprint density at radius 2 is 0.985 bits per heavy atom. The minimum atomic E-state index is -1.95. The van der Waals surface area contributed by atoms with E-state index in [0.717, 1.165) is 32.1 Å². The van der Waals surface area contributed by atoms with Crippen LogP contribution in [-0.4, -0.2) is 155 Å². The molecular formula is C41H62N12O15. The van der Waals surface area contributed by atoms with E-state index in [1.807, 2.05) is 6.92 Å². The highest BCUT2D eigenvalue weighted by atomic mass is 16.3. The molecular weight excluding hydrogens is 901 g/mol. The Labute approximate surface area is 389 Å². The lowest BCUT2D eigenvalue weighted by molar-refractivity contribution is -0.137. The Morgan fingerprint density at radius 1 is 0.559 bits per heavy atom. The van der Waals surface area contributed by atoms with E-state index in [4.69, 9.17) is 17.2 Å². The van der Waals surface area contributed by atoms with Crippen LogP contribution in [-0.2, 0) is 64.0 Å². The van der Waals surface area contributed by atoms with E-state index < -0.39 is 159 Å². The number of amides is 12. The van der Waals surface area contributed by atoms with Gasteiger partial charge in [-0.15, -0.1) is 0 Å². The van der Waals surface area contributed by atoms with Gasteiger partial charge in [-0.25, -0.2) is 0 Å². The van der Waals surface area contributed by atoms with E-state index in [-0.39, 0.29) is 18.7 Å². The average molecular weight is 963 g/mol. The highest BCUT2D eigenvalue weighted by Crippen LogP contribution is 2.13. The van der Waals surface area contributed by atoms with Gasteiger partial charge in [0.25, 0.3) is 0 Å². The number of phenolic OH excluding ortho intramolecular Hbond substituents is 1. The van der Waals surface area contributed by atoms with Gasteiger partial charge in [0.05, 0.1) is 45.4 Å². The fraction of sp³-hybridized carbons (Fsp3) is 0.561. The Bertz CT molecular complexity index is 1990. The second-order valence-corrected chi connectivity index (χ2v) is 15.8. The van der Waals surface area contributed by atoms with Crippen molar-refractivity contribution in [3.8, 4) is 5.75 Å². The second-order valence-electron chi connectivity index (χ2n) is 15.8. The molecule has 0 bridgehead atoms. The summed E-state index contributed by atoms with van der Waals surface area (Å²) >= 11 is 0. The van der Waals surface area contributed by atoms with Gasteiger partial charge in [-0.1, -0.05) is 51.2 Å². The average Bonchev–Trinajstić information content (AvgIpc) is 3.27. The van der Waals surface area contributed by atoms with E-state index in [1.54, 1.807) is 0 Å². The molecule has 1 aliphatic rings. The normalized spacial score (nSPS) is 23.0. The topological polar surface area (TPSA) is 452 Å². The Hall–Kier alpha value is -7.42. The second kappa shape index (κ2) is 29.3. The first-order chi connectivity index (χ1) is 32.2. The lowest BCUT2D eigenvalue weighted by Crippen LogP contribution is -2.60. The smallest absolute Gasteiger partial charge is 0.245 e. The summed E-state index contributed by atoms with van der Waals surface area (Å²) in [7, 11) is 0. The fourth-order valence-corrected chi connectivity index (χ4v) is 6.48. The van der Waals surface area contributed by atoms with E-state index in [0.29, 0.717) is 12.0 Å². The van der Waals surface area contributed by atoms with Crippen LogP contribution in [0, 0.1) is 0 Å². The van der Waals surface area contributed by atoms with Crippen molar-refractivity contribution in [3.63, 3.8) is 0 Å². The standard InChI is InChI=1S/C41H62N12O15/c1-2-3-4-5-6-7-12-45-35(62)27-17-33(60)48-28(19-54)40(67)49-23(13-21-8-10-22(56)11-9-21)37(64)50-24(14-30(42)57)36(63)46-18-34(61)47-25(15-31(43)58)38(65)53-29(20-55)41(68)51-26(16-32(44)59)39(66)52-27/h8-11,23-29,54-56H,2-7,12-20H2,1H3,(H2,42,57)(H2,43,58)(H2,44,59)(H,45,62)(H,46,63)(H,47,61)(H,48,60)(H,49,67)(H,50,64)(H,51,68)(H,52,66)(H,53,65)/t23-,24-,25+,26+,27+,28-,29+/m1/s1. The number of rotatable bonds is 18. The molecule has 1 saturated heterocycles. The van der Waals surface area contributed by atoms with Crippen LogP contribution >= 0.6 is 0 Å². The molecule has 0 aromatic heterocycles. The first kappa shape index (κ1) is 56.7. The molecule has 2 rings (SSSR count). The van der Waals surface area contributed by atoms with Gasteiger partial charge >= 0.3 is 0 Å². The molecule has 27 heteroatoms. The minimum absolute atomic E-state index is 0.0869. The predicted molar refractivity (Wildman–Crippen MR) is 235 cm³/mol. The summed E-state index contributed by atoms with van der Waals surface area (Å²) in [5.41, 5.74) is 16.3. The number of phenols is 1. The van der Waals surface area contributed by atoms with Crippen LogP contribution in [0.1, 0.15) is 76.7 Å². The molecule has 1 aromatic carbocycles. The summed E-state index contributed by atoms with van der Waals surface area (Å²) in [5, 5.41) is 50.1. The zero-order valence-electron chi connectivity index (χ0n) is 37.4. The highest BCUT2D eigenvalue weighted by Gasteiger charge is 2.35. The molecule has 0 spiro atoms. The zero-order valence-corrected chi connectivity index (χ0v) is 37.4. The highest BCUT2D eigenvalue weighted by molar-refractivity contribution is 6.00. The number of hydrogen-bond donors (Lipinski definition) is 15. The molecule has 1 aromatic rings. The third kappa shape index (κ3) is 20.8. The van der Waals surface area contributed by atoms with Crippen molar-refractivity contribution >= 4 is 70.9 Å². The zero-order chi connectivity index (χ0) is 50.9. The van der Waals surface area contributed by atoms with Gasteiger partial charge in [0.1, 0.15) is 48.0 Å². The quantitative estimate of drug-likeness (QED) is 0.0608. The number of nitrogens with two attached hydrogens (primary N) is 3. The summed E-state index contributed by atoms with van der Waals surface area (Å²) in [5.74, 6) is -14.2. The first-order valence-electron chi connectivity index (χ1n) is 21.7. The SMILES string of the molecule is CCCCCCCCNC(=O)[C@@H]1CC(=O)N[C@H](CO)C(=O)N[C@H](Cc2ccc(O)cc2)C(=O)N[C@H](CC(N)=O)C(=O)NCC(=O)N[C@@H](CC(N)=O)C(=O)N[C@@H](CO)C(=O)N[C@@H](CC(N)=O)C(=O)N1. The van der Waals surface area contributed by atoms with E-state index >= 15 is 0 Å². The van der Waals surface area contributed by atoms with Crippen molar-refractivity contribution in [1.82, 2.24) is 47.9 Å². The van der Waals surface area contributed by atoms with Crippen LogP contribution < -0.4 is 65.1 Å². The van der Waals surface area contributed by atoms with Gasteiger partial charge in [-0.3, -0.25) is 57.5 Å². The number of carbonyl (C=O) groups is 12. The number of aromatic hydroxyl groups is 1. The van der Waals surface area contributed by atoms with Crippen LogP contribution in [0.25, 0.3) is 0 Å². The maximum Gasteiger partial charge on any atom is 0.245 e. The molecule has 27 nitrogen and oxygen atoms in total. The summed E-state index contributed by atoms with van der Waals surface area (Å²) < 4.78 is 0. The number of hydrogen-bond acceptors (Lipinski definition) is 15. The minimum Gasteiger partial charge on any atom is -0.508 e. The molecule has 0 radical (unpaired) electrons. The Balaban J connectivity index is 2.65. The third-order valence-electron chi connectivity index (χ3n) is 10.1. The maximum absolute atomic E-state index is 13.8. The third-order valence-corrected chi connectivity index (χ3v) is 10.1. The van der Waals surface area contributed by atoms with Crippen molar-refractivity contribution < 1.29 is 72.9 Å². The van der Waals surface area contributed by atoms with E-state index in [2.05, 4.69) is 47.9 Å². The number of unbranched alkanes of at least 4 members (excludes halogenated alkanes) is 5. The molecule has 0 aliphatic carbocycles. The molecule has 0 unspecified atom stereocenters. The van der Waals surface area contributed by atoms with Crippen LogP contribution in [0.5, 0.6) is 5.75 Å². The Kier molecular flexibility index (Phi) is 24.4. The fourth-order valence-electron chi connectivity index (χ4n) is 6.48. The predicted octanol–water partition coefficient (Wildman–Crippen LogP) is -7.06. The van der Waals surface area contributed by atoms with Gasteiger partial charge in [-0.05, 0) is 24.1 Å². The summed E-state index contributed by atoms with van der Waals surface area (Å²) in [6, 6.07) is -7.59. The van der Waals surface area contributed by atoms with Crippen LogP contribution in [0.2, 0.25) is 0 Å². The van der Waals surface area contributed by atoms with Crippen molar-refractivity contribution in [2.24, 2.45) is 17.2 Å². The largest absolute Gasteiger partial charge is 0.508 e. The monoisotopic (exact) mass is 962 g/mol. The van der Waals surface area contributed by atoms with E-state index in [1.165, 1.54) is 24.3 Å². The van der Waals surface area contributed by atoms with Crippen molar-refractivity contribution in [3.05, 3.63) is 29.8 Å². The van der Waals surface area contributed by atoms with Gasteiger partial charge in [0.15, 0.2) is 0 Å². The van der Waals surface area contributed by atoms with Gasteiger partial charge in [0, 0.05) is 13.0 Å². The van der Waals surface area contributed by atoms with Gasteiger partial charge < -0.3 is 80.4 Å². The lowest BCUT2D eigenvalue weighted by Gasteiger charge is -2.26. The first-order valence-corrected chi connectivity index (χ1v) is 21.7. The molecule has 1 fully saturated rings. The summed E-state index contributed by atoms with van der Waals surface area (Å²) in [6.07, 6.45) is 1.05. The number of aliphatic hydroxyl groups excluding tert-OH is 2. The van der Waals surface area contributed by atoms with Crippen molar-refractivity contribution in [2.75, 3.05) is 26.3 Å². The molecule has 18 N–H and O–H groups in total. The van der Waals surface area contributed by atoms with Crippen molar-refractivity contribution in [1.29, 1.82) is 0 Å². The summed E-state index contributed by atoms with van der Waals surface area (Å²) in [6.45, 7) is -1.13. The number of carbonyl (C=O) groups excluding carboxylic acids is 12. The number of nitrogens with one attached hydrogen (secondary N) is 9. The van der Waals surface area contributed by atoms with Gasteiger partial charge in [-0.2, -0.15) is 0 Å². The number of primary amides is 3. The molecule has 1 heterocycles. The maximum atomic E-state index is 13.8. The van der Waals surface area contributed by atoms with Crippen molar-refractivity contribution in [2.45, 2.75) is 120 Å². The number of benzene rings is 1. The lowest BCUT2D eigenvalue weighted by atomic mass is 10.0. The van der Waals surface area contributed by atoms with Crippen LogP contribution in [0.3, 0.4) is 0 Å². The van der Waals surface area contributed by atoms with Crippen LogP contribution in [0.4, 0.5) is 0 Å². The van der Waals surface area contributed by atoms with Crippen LogP contribution in [0.15, 0.2) is 24.3 Å². The Morgan fingerprint density at radius 3 is 1.53 bits per heavy atom. The van der Waals surface area contributed by atoms with Gasteiger partial charge in [0.2, 0.25) is 70.9 Å². The molecule has 376 valence electrons. The van der Waals surface area contributed by atoms with E-state index in [9.17, 15) is 72.9 Å². The molecule has 1 aliphatic heterocycles.